The predicted molar refractivity (Wildman–Crippen MR) is 105 cm³/mol. The highest BCUT2D eigenvalue weighted by Crippen LogP contribution is 2.48. The minimum absolute atomic E-state index is 0.0306. The smallest absolute Gasteiger partial charge is 0.264 e. The van der Waals surface area contributed by atoms with Crippen LogP contribution in [0, 0.1) is 5.41 Å². The van der Waals surface area contributed by atoms with Gasteiger partial charge in [-0.15, -0.1) is 0 Å². The lowest BCUT2D eigenvalue weighted by Gasteiger charge is -2.30. The first-order chi connectivity index (χ1) is 12.5. The molecule has 0 radical (unpaired) electrons. The second kappa shape index (κ2) is 5.18. The van der Waals surface area contributed by atoms with E-state index in [1.807, 2.05) is 48.5 Å². The van der Waals surface area contributed by atoms with E-state index in [0.29, 0.717) is 10.7 Å². The first-order valence-electron chi connectivity index (χ1n) is 8.70. The van der Waals surface area contributed by atoms with E-state index in [4.69, 9.17) is 16.6 Å². The zero-order valence-corrected chi connectivity index (χ0v) is 15.3. The van der Waals surface area contributed by atoms with E-state index in [9.17, 15) is 4.79 Å². The number of hydrogen-bond donors (Lipinski definition) is 0. The zero-order valence-electron chi connectivity index (χ0n) is 14.6. The third kappa shape index (κ3) is 2.07. The van der Waals surface area contributed by atoms with E-state index in [1.165, 1.54) is 0 Å². The second-order valence-corrected chi connectivity index (χ2v) is 8.02. The molecule has 128 valence electrons. The lowest BCUT2D eigenvalue weighted by molar-refractivity contribution is 0.101. The second-order valence-electron chi connectivity index (χ2n) is 7.61. The molecule has 2 heterocycles. The van der Waals surface area contributed by atoms with Crippen molar-refractivity contribution in [2.45, 2.75) is 20.3 Å². The van der Waals surface area contributed by atoms with Gasteiger partial charge in [0.05, 0.1) is 33.2 Å². The van der Waals surface area contributed by atoms with Crippen LogP contribution in [0.5, 0.6) is 0 Å². The van der Waals surface area contributed by atoms with Gasteiger partial charge in [0.15, 0.2) is 0 Å². The Labute approximate surface area is 156 Å². The van der Waals surface area contributed by atoms with Crippen LogP contribution in [0.15, 0.2) is 54.6 Å². The van der Waals surface area contributed by atoms with Crippen LogP contribution < -0.4 is 4.90 Å². The molecule has 1 aromatic heterocycles. The van der Waals surface area contributed by atoms with Gasteiger partial charge in [0, 0.05) is 10.9 Å². The molecule has 3 nitrogen and oxygen atoms in total. The summed E-state index contributed by atoms with van der Waals surface area (Å²) in [6, 6.07) is 15.4. The van der Waals surface area contributed by atoms with Crippen molar-refractivity contribution in [1.29, 1.82) is 0 Å². The number of aromatic nitrogens is 1. The van der Waals surface area contributed by atoms with Gasteiger partial charge in [-0.1, -0.05) is 61.9 Å². The van der Waals surface area contributed by atoms with Crippen molar-refractivity contribution in [2.24, 2.45) is 5.41 Å². The Hall–Kier alpha value is -2.65. The third-order valence-corrected chi connectivity index (χ3v) is 5.44. The van der Waals surface area contributed by atoms with Gasteiger partial charge in [0.2, 0.25) is 0 Å². The Morgan fingerprint density at radius 1 is 1.04 bits per heavy atom. The number of fused-ring (bicyclic) bond motifs is 2. The molecular formula is C22H17ClN2O. The van der Waals surface area contributed by atoms with Gasteiger partial charge in [0.1, 0.15) is 0 Å². The molecule has 3 aromatic rings. The summed E-state index contributed by atoms with van der Waals surface area (Å²) < 4.78 is 0. The number of carbonyl (C=O) groups excluding carboxylic acids is 1. The largest absolute Gasteiger partial charge is 0.275 e. The average molecular weight is 361 g/mol. The normalized spacial score (nSPS) is 17.4. The minimum Gasteiger partial charge on any atom is -0.275 e. The molecular weight excluding hydrogens is 344 g/mol. The number of benzene rings is 2. The first kappa shape index (κ1) is 15.6. The monoisotopic (exact) mass is 360 g/mol. The Kier molecular flexibility index (Phi) is 3.11. The first-order valence-corrected chi connectivity index (χ1v) is 9.08. The number of para-hydroxylation sites is 2. The van der Waals surface area contributed by atoms with E-state index in [1.54, 1.807) is 4.90 Å². The van der Waals surface area contributed by atoms with Crippen molar-refractivity contribution in [3.8, 4) is 0 Å². The zero-order chi connectivity index (χ0) is 18.1. The van der Waals surface area contributed by atoms with Crippen LogP contribution in [-0.4, -0.2) is 10.9 Å². The third-order valence-electron chi connectivity index (χ3n) is 5.13. The summed E-state index contributed by atoms with van der Waals surface area (Å²) >= 11 is 6.45. The number of carbonyl (C=O) groups is 1. The quantitative estimate of drug-likeness (QED) is 0.576. The average Bonchev–Trinajstić information content (AvgIpc) is 2.88. The van der Waals surface area contributed by atoms with Crippen LogP contribution in [-0.2, 0) is 6.42 Å². The van der Waals surface area contributed by atoms with Crippen molar-refractivity contribution < 1.29 is 4.79 Å². The summed E-state index contributed by atoms with van der Waals surface area (Å²) in [4.78, 5) is 20.2. The minimum atomic E-state index is -0.0841. The van der Waals surface area contributed by atoms with Gasteiger partial charge in [0.25, 0.3) is 5.91 Å². The number of hydrogen-bond acceptors (Lipinski definition) is 2. The number of allylic oxidation sites excluding steroid dienone is 1. The fourth-order valence-electron chi connectivity index (χ4n) is 4.08. The van der Waals surface area contributed by atoms with E-state index in [0.717, 1.165) is 39.8 Å². The standard InChI is InChI=1S/C22H17ClN2O/c1-22(2)11-16-20-18(12-22)25(17-10-6-4-8-14(17)23)21(26)19(20)13-7-3-5-9-15(13)24-16/h3-10,12H,11H2,1-2H3. The molecule has 0 N–H and O–H groups in total. The van der Waals surface area contributed by atoms with Crippen LogP contribution in [0.3, 0.4) is 0 Å². The number of halogens is 1. The van der Waals surface area contributed by atoms with Crippen LogP contribution in [0.1, 0.15) is 35.5 Å². The lowest BCUT2D eigenvalue weighted by Crippen LogP contribution is -2.26. The summed E-state index contributed by atoms with van der Waals surface area (Å²) in [6.07, 6.45) is 3.00. The summed E-state index contributed by atoms with van der Waals surface area (Å²) in [5, 5.41) is 1.47. The van der Waals surface area contributed by atoms with E-state index in [-0.39, 0.29) is 11.3 Å². The van der Waals surface area contributed by atoms with Crippen LogP contribution in [0.4, 0.5) is 5.69 Å². The van der Waals surface area contributed by atoms with Crippen molar-refractivity contribution in [3.63, 3.8) is 0 Å². The summed E-state index contributed by atoms with van der Waals surface area (Å²) in [5.74, 6) is -0.0306. The molecule has 0 spiro atoms. The Morgan fingerprint density at radius 3 is 2.58 bits per heavy atom. The maximum absolute atomic E-state index is 13.5. The van der Waals surface area contributed by atoms with E-state index in [2.05, 4.69) is 19.9 Å². The van der Waals surface area contributed by atoms with Gasteiger partial charge < -0.3 is 0 Å². The molecule has 0 saturated heterocycles. The highest BCUT2D eigenvalue weighted by molar-refractivity contribution is 6.36. The van der Waals surface area contributed by atoms with Crippen molar-refractivity contribution in [3.05, 3.63) is 76.5 Å². The fraction of sp³-hybridized carbons (Fsp3) is 0.182. The molecule has 1 amide bonds. The lowest BCUT2D eigenvalue weighted by atomic mass is 9.79. The van der Waals surface area contributed by atoms with Gasteiger partial charge in [-0.05, 0) is 30.0 Å². The number of nitrogens with zero attached hydrogens (tertiary/aromatic N) is 2. The molecule has 0 saturated carbocycles. The van der Waals surface area contributed by atoms with E-state index >= 15 is 0 Å². The van der Waals surface area contributed by atoms with Crippen molar-refractivity contribution >= 4 is 39.8 Å². The molecule has 1 aliphatic carbocycles. The highest BCUT2D eigenvalue weighted by atomic mass is 35.5. The van der Waals surface area contributed by atoms with E-state index < -0.39 is 0 Å². The maximum atomic E-state index is 13.5. The van der Waals surface area contributed by atoms with Gasteiger partial charge >= 0.3 is 0 Å². The number of anilines is 1. The van der Waals surface area contributed by atoms with Crippen LogP contribution >= 0.6 is 11.6 Å². The van der Waals surface area contributed by atoms with Gasteiger partial charge in [-0.3, -0.25) is 14.7 Å². The van der Waals surface area contributed by atoms with Crippen molar-refractivity contribution in [2.75, 3.05) is 4.90 Å². The number of amides is 1. The Balaban J connectivity index is 1.88. The summed E-state index contributed by atoms with van der Waals surface area (Å²) in [6.45, 7) is 4.35. The predicted octanol–water partition coefficient (Wildman–Crippen LogP) is 5.47. The van der Waals surface area contributed by atoms with Crippen molar-refractivity contribution in [1.82, 2.24) is 4.98 Å². The molecule has 26 heavy (non-hydrogen) atoms. The fourth-order valence-corrected chi connectivity index (χ4v) is 4.30. The van der Waals surface area contributed by atoms with Crippen LogP contribution in [0.2, 0.25) is 5.02 Å². The molecule has 0 bridgehead atoms. The number of pyridine rings is 1. The highest BCUT2D eigenvalue weighted by Gasteiger charge is 2.42. The molecule has 0 fully saturated rings. The molecule has 2 aliphatic rings. The maximum Gasteiger partial charge on any atom is 0.264 e. The van der Waals surface area contributed by atoms with Gasteiger partial charge in [-0.25, -0.2) is 0 Å². The molecule has 4 heteroatoms. The molecule has 5 rings (SSSR count). The van der Waals surface area contributed by atoms with Crippen LogP contribution in [0.25, 0.3) is 16.6 Å². The Morgan fingerprint density at radius 2 is 1.77 bits per heavy atom. The Bertz CT molecular complexity index is 1130. The SMILES string of the molecule is CC1(C)C=C2c3c(nc4ccccc4c3C(=O)N2c2ccccc2Cl)C1. The molecule has 2 aromatic carbocycles. The summed E-state index contributed by atoms with van der Waals surface area (Å²) in [5.41, 5.74) is 5.10. The summed E-state index contributed by atoms with van der Waals surface area (Å²) in [7, 11) is 0. The van der Waals surface area contributed by atoms with Gasteiger partial charge in [-0.2, -0.15) is 0 Å². The molecule has 0 unspecified atom stereocenters. The topological polar surface area (TPSA) is 33.2 Å². The molecule has 0 atom stereocenters. The number of rotatable bonds is 1. The molecule has 1 aliphatic heterocycles.